The molecule has 0 saturated carbocycles. The third kappa shape index (κ3) is 3.64. The zero-order valence-corrected chi connectivity index (χ0v) is 11.5. The number of rotatable bonds is 3. The summed E-state index contributed by atoms with van der Waals surface area (Å²) in [7, 11) is 0. The average Bonchev–Trinajstić information content (AvgIpc) is 2.40. The lowest BCUT2D eigenvalue weighted by atomic mass is 10.2. The van der Waals surface area contributed by atoms with Crippen LogP contribution in [0.15, 0.2) is 42.5 Å². The summed E-state index contributed by atoms with van der Waals surface area (Å²) in [6.45, 7) is 1.94. The van der Waals surface area contributed by atoms with Gasteiger partial charge in [0.1, 0.15) is 5.82 Å². The van der Waals surface area contributed by atoms with Crippen molar-refractivity contribution in [3.05, 3.63) is 59.7 Å². The second-order valence-corrected chi connectivity index (χ2v) is 4.55. The molecule has 0 aliphatic carbocycles. The number of halogens is 2. The first-order chi connectivity index (χ1) is 9.56. The maximum atomic E-state index is 13.4. The predicted octanol–water partition coefficient (Wildman–Crippen LogP) is 3.59. The van der Waals surface area contributed by atoms with Crippen LogP contribution in [0.3, 0.4) is 0 Å². The van der Waals surface area contributed by atoms with Crippen LogP contribution in [0.5, 0.6) is 0 Å². The standard InChI is InChI=1S/C14H13F2N3S/c1-9-4-2-3-5-12(9)17-14(20)19-18-13-7-6-10(15)8-11(13)16/h2-8,18H,1H3,(H2,17,19,20). The van der Waals surface area contributed by atoms with Crippen LogP contribution < -0.4 is 16.2 Å². The molecule has 0 atom stereocenters. The number of anilines is 2. The topological polar surface area (TPSA) is 36.1 Å². The van der Waals surface area contributed by atoms with Crippen molar-refractivity contribution in [3.8, 4) is 0 Å². The van der Waals surface area contributed by atoms with Gasteiger partial charge in [0.25, 0.3) is 0 Å². The van der Waals surface area contributed by atoms with E-state index in [1.165, 1.54) is 6.07 Å². The minimum absolute atomic E-state index is 0.111. The summed E-state index contributed by atoms with van der Waals surface area (Å²) in [4.78, 5) is 0. The van der Waals surface area contributed by atoms with Crippen LogP contribution in [0.25, 0.3) is 0 Å². The largest absolute Gasteiger partial charge is 0.331 e. The molecule has 0 bridgehead atoms. The third-order valence-corrected chi connectivity index (χ3v) is 2.84. The molecule has 0 aromatic heterocycles. The molecule has 0 amide bonds. The summed E-state index contributed by atoms with van der Waals surface area (Å²) < 4.78 is 26.1. The van der Waals surface area contributed by atoms with Crippen molar-refractivity contribution in [2.45, 2.75) is 6.92 Å². The predicted molar refractivity (Wildman–Crippen MR) is 80.5 cm³/mol. The normalized spacial score (nSPS) is 9.95. The lowest BCUT2D eigenvalue weighted by Crippen LogP contribution is -2.33. The number of thiocarbonyl (C=S) groups is 1. The molecule has 0 aliphatic heterocycles. The molecule has 0 saturated heterocycles. The molecule has 6 heteroatoms. The van der Waals surface area contributed by atoms with Gasteiger partial charge in [0, 0.05) is 11.8 Å². The number of hydrogen-bond donors (Lipinski definition) is 3. The minimum Gasteiger partial charge on any atom is -0.331 e. The molecule has 2 rings (SSSR count). The maximum absolute atomic E-state index is 13.4. The summed E-state index contributed by atoms with van der Waals surface area (Å²) >= 11 is 5.08. The fraction of sp³-hybridized carbons (Fsp3) is 0.0714. The fourth-order valence-electron chi connectivity index (χ4n) is 1.58. The summed E-state index contributed by atoms with van der Waals surface area (Å²) in [6.07, 6.45) is 0. The zero-order valence-electron chi connectivity index (χ0n) is 10.7. The number of nitrogens with one attached hydrogen (secondary N) is 3. The number of aryl methyl sites for hydroxylation is 1. The highest BCUT2D eigenvalue weighted by atomic mass is 32.1. The van der Waals surface area contributed by atoms with Crippen molar-refractivity contribution in [2.24, 2.45) is 0 Å². The molecule has 0 radical (unpaired) electrons. The van der Waals surface area contributed by atoms with Crippen LogP contribution in [-0.2, 0) is 0 Å². The Morgan fingerprint density at radius 2 is 1.80 bits per heavy atom. The molecule has 2 aromatic rings. The van der Waals surface area contributed by atoms with E-state index in [4.69, 9.17) is 12.2 Å². The molecule has 3 nitrogen and oxygen atoms in total. The van der Waals surface area contributed by atoms with Crippen molar-refractivity contribution in [1.29, 1.82) is 0 Å². The summed E-state index contributed by atoms with van der Waals surface area (Å²) in [5.41, 5.74) is 7.22. The van der Waals surface area contributed by atoms with Gasteiger partial charge in [-0.2, -0.15) is 0 Å². The zero-order chi connectivity index (χ0) is 14.5. The Morgan fingerprint density at radius 3 is 2.50 bits per heavy atom. The first-order valence-corrected chi connectivity index (χ1v) is 6.31. The molecule has 0 aliphatic rings. The molecule has 20 heavy (non-hydrogen) atoms. The van der Waals surface area contributed by atoms with Crippen LogP contribution in [0, 0.1) is 18.6 Å². The van der Waals surface area contributed by atoms with Gasteiger partial charge in [-0.3, -0.25) is 10.9 Å². The van der Waals surface area contributed by atoms with Gasteiger partial charge in [-0.1, -0.05) is 18.2 Å². The van der Waals surface area contributed by atoms with Gasteiger partial charge in [-0.05, 0) is 42.9 Å². The fourth-order valence-corrected chi connectivity index (χ4v) is 1.74. The molecule has 0 unspecified atom stereocenters. The Labute approximate surface area is 121 Å². The van der Waals surface area contributed by atoms with Crippen molar-refractivity contribution >= 4 is 28.7 Å². The van der Waals surface area contributed by atoms with Gasteiger partial charge in [-0.15, -0.1) is 0 Å². The van der Waals surface area contributed by atoms with E-state index in [0.29, 0.717) is 0 Å². The van der Waals surface area contributed by atoms with Gasteiger partial charge < -0.3 is 5.32 Å². The van der Waals surface area contributed by atoms with Crippen molar-refractivity contribution in [2.75, 3.05) is 10.7 Å². The highest BCUT2D eigenvalue weighted by Crippen LogP contribution is 2.15. The molecule has 0 heterocycles. The summed E-state index contributed by atoms with van der Waals surface area (Å²) in [5, 5.41) is 3.25. The number of benzene rings is 2. The second-order valence-electron chi connectivity index (χ2n) is 4.14. The van der Waals surface area contributed by atoms with E-state index in [9.17, 15) is 8.78 Å². The SMILES string of the molecule is Cc1ccccc1NC(=S)NNc1ccc(F)cc1F. The Morgan fingerprint density at radius 1 is 1.05 bits per heavy atom. The summed E-state index contributed by atoms with van der Waals surface area (Å²) in [5.74, 6) is -1.33. The van der Waals surface area contributed by atoms with Crippen molar-refractivity contribution in [1.82, 2.24) is 5.43 Å². The Hall–Kier alpha value is -2.21. The smallest absolute Gasteiger partial charge is 0.189 e. The van der Waals surface area contributed by atoms with E-state index in [-0.39, 0.29) is 10.8 Å². The molecular weight excluding hydrogens is 280 g/mol. The Kier molecular flexibility index (Phi) is 4.47. The first kappa shape index (κ1) is 14.2. The van der Waals surface area contributed by atoms with Crippen molar-refractivity contribution in [3.63, 3.8) is 0 Å². The van der Waals surface area contributed by atoms with Crippen LogP contribution in [0.4, 0.5) is 20.2 Å². The Bertz CT molecular complexity index is 632. The molecule has 2 aromatic carbocycles. The van der Waals surface area contributed by atoms with Crippen LogP contribution in [-0.4, -0.2) is 5.11 Å². The molecule has 0 spiro atoms. The van der Waals surface area contributed by atoms with Crippen LogP contribution in [0.2, 0.25) is 0 Å². The van der Waals surface area contributed by atoms with Gasteiger partial charge >= 0.3 is 0 Å². The summed E-state index contributed by atoms with van der Waals surface area (Å²) in [6, 6.07) is 10.9. The number of hydrogen-bond acceptors (Lipinski definition) is 2. The maximum Gasteiger partial charge on any atom is 0.189 e. The van der Waals surface area contributed by atoms with E-state index in [1.807, 2.05) is 31.2 Å². The van der Waals surface area contributed by atoms with E-state index in [0.717, 1.165) is 23.4 Å². The van der Waals surface area contributed by atoms with E-state index < -0.39 is 11.6 Å². The average molecular weight is 293 g/mol. The van der Waals surface area contributed by atoms with E-state index in [2.05, 4.69) is 16.2 Å². The molecule has 3 N–H and O–H groups in total. The lowest BCUT2D eigenvalue weighted by molar-refractivity contribution is 0.585. The van der Waals surface area contributed by atoms with Gasteiger partial charge in [0.2, 0.25) is 0 Å². The number of hydrazine groups is 1. The highest BCUT2D eigenvalue weighted by molar-refractivity contribution is 7.80. The quantitative estimate of drug-likeness (QED) is 0.597. The first-order valence-electron chi connectivity index (χ1n) is 5.90. The van der Waals surface area contributed by atoms with Crippen molar-refractivity contribution < 1.29 is 8.78 Å². The lowest BCUT2D eigenvalue weighted by Gasteiger charge is -2.14. The Balaban J connectivity index is 1.94. The third-order valence-electron chi connectivity index (χ3n) is 2.64. The minimum atomic E-state index is -0.698. The van der Waals surface area contributed by atoms with E-state index in [1.54, 1.807) is 0 Å². The van der Waals surface area contributed by atoms with Gasteiger partial charge in [0.05, 0.1) is 5.69 Å². The molecular formula is C14H13F2N3S. The molecule has 104 valence electrons. The van der Waals surface area contributed by atoms with Crippen LogP contribution in [0.1, 0.15) is 5.56 Å². The number of para-hydroxylation sites is 1. The van der Waals surface area contributed by atoms with Gasteiger partial charge in [0.15, 0.2) is 10.9 Å². The van der Waals surface area contributed by atoms with Gasteiger partial charge in [-0.25, -0.2) is 8.78 Å². The monoisotopic (exact) mass is 293 g/mol. The highest BCUT2D eigenvalue weighted by Gasteiger charge is 2.04. The second kappa shape index (κ2) is 6.29. The van der Waals surface area contributed by atoms with E-state index >= 15 is 0 Å². The van der Waals surface area contributed by atoms with Crippen LogP contribution >= 0.6 is 12.2 Å². The molecule has 0 fully saturated rings.